The molecule has 150 valence electrons. The van der Waals surface area contributed by atoms with Crippen molar-refractivity contribution in [1.82, 2.24) is 19.7 Å². The third kappa shape index (κ3) is 4.74. The van der Waals surface area contributed by atoms with E-state index < -0.39 is 5.41 Å². The molecule has 0 saturated carbocycles. The monoisotopic (exact) mass is 388 g/mol. The number of ether oxygens (including phenoxy) is 1. The summed E-state index contributed by atoms with van der Waals surface area (Å²) in [7, 11) is 0. The molecule has 1 aromatic heterocycles. The molecule has 3 rings (SSSR count). The number of rotatable bonds is 7. The number of carbonyl (C=O) groups is 2. The molecule has 2 heterocycles. The highest BCUT2D eigenvalue weighted by atomic mass is 19.1. The van der Waals surface area contributed by atoms with Crippen LogP contribution < -0.4 is 0 Å². The van der Waals surface area contributed by atoms with Gasteiger partial charge in [-0.25, -0.2) is 9.37 Å². The predicted molar refractivity (Wildman–Crippen MR) is 99.6 cm³/mol. The molecule has 1 amide bonds. The average molecular weight is 388 g/mol. The minimum Gasteiger partial charge on any atom is -0.466 e. The molecule has 0 bridgehead atoms. The molecule has 7 nitrogen and oxygen atoms in total. The second-order valence-corrected chi connectivity index (χ2v) is 7.13. The Morgan fingerprint density at radius 3 is 2.75 bits per heavy atom. The van der Waals surface area contributed by atoms with Crippen molar-refractivity contribution in [2.45, 2.75) is 39.2 Å². The van der Waals surface area contributed by atoms with Crippen molar-refractivity contribution in [3.63, 3.8) is 0 Å². The fourth-order valence-electron chi connectivity index (χ4n) is 3.72. The van der Waals surface area contributed by atoms with Gasteiger partial charge in [-0.15, -0.1) is 0 Å². The molecule has 28 heavy (non-hydrogen) atoms. The highest BCUT2D eigenvalue weighted by Gasteiger charge is 2.44. The molecule has 1 aromatic carbocycles. The van der Waals surface area contributed by atoms with E-state index in [4.69, 9.17) is 4.74 Å². The van der Waals surface area contributed by atoms with Crippen LogP contribution in [-0.2, 0) is 27.3 Å². The van der Waals surface area contributed by atoms with Crippen molar-refractivity contribution in [2.24, 2.45) is 5.41 Å². The second kappa shape index (κ2) is 8.95. The van der Waals surface area contributed by atoms with Crippen LogP contribution in [0.15, 0.2) is 36.9 Å². The van der Waals surface area contributed by atoms with E-state index in [-0.39, 0.29) is 24.3 Å². The summed E-state index contributed by atoms with van der Waals surface area (Å²) < 4.78 is 20.2. The van der Waals surface area contributed by atoms with Crippen LogP contribution in [0.4, 0.5) is 4.39 Å². The summed E-state index contributed by atoms with van der Waals surface area (Å²) in [4.78, 5) is 31.2. The van der Waals surface area contributed by atoms with E-state index in [0.717, 1.165) is 12.0 Å². The number of hydrogen-bond acceptors (Lipinski definition) is 5. The maximum absolute atomic E-state index is 13.3. The Morgan fingerprint density at radius 1 is 1.29 bits per heavy atom. The van der Waals surface area contributed by atoms with Gasteiger partial charge in [-0.05, 0) is 43.9 Å². The lowest BCUT2D eigenvalue weighted by Gasteiger charge is -2.41. The van der Waals surface area contributed by atoms with Crippen molar-refractivity contribution in [1.29, 1.82) is 0 Å². The minimum atomic E-state index is -0.811. The summed E-state index contributed by atoms with van der Waals surface area (Å²) >= 11 is 0. The summed E-state index contributed by atoms with van der Waals surface area (Å²) in [6.07, 6.45) is 5.06. The molecule has 1 fully saturated rings. The van der Waals surface area contributed by atoms with Crippen molar-refractivity contribution in [3.8, 4) is 0 Å². The number of likely N-dealkylation sites (tertiary alicyclic amines) is 1. The molecule has 1 aliphatic heterocycles. The van der Waals surface area contributed by atoms with E-state index in [9.17, 15) is 14.0 Å². The number of esters is 1. The van der Waals surface area contributed by atoms with Crippen LogP contribution in [0.25, 0.3) is 0 Å². The van der Waals surface area contributed by atoms with Gasteiger partial charge in [-0.1, -0.05) is 12.1 Å². The molecule has 1 unspecified atom stereocenters. The average Bonchev–Trinajstić information content (AvgIpc) is 3.22. The van der Waals surface area contributed by atoms with Gasteiger partial charge in [0.2, 0.25) is 5.91 Å². The van der Waals surface area contributed by atoms with E-state index in [1.54, 1.807) is 35.0 Å². The van der Waals surface area contributed by atoms with Crippen LogP contribution in [0.2, 0.25) is 0 Å². The van der Waals surface area contributed by atoms with Crippen LogP contribution in [0.1, 0.15) is 31.7 Å². The van der Waals surface area contributed by atoms with Crippen LogP contribution >= 0.6 is 0 Å². The molecule has 0 spiro atoms. The number of carbonyl (C=O) groups excluding carboxylic acids is 2. The molecule has 8 heteroatoms. The normalized spacial score (nSPS) is 19.4. The predicted octanol–water partition coefficient (Wildman–Crippen LogP) is 2.22. The molecule has 0 aliphatic carbocycles. The van der Waals surface area contributed by atoms with Crippen molar-refractivity contribution in [2.75, 3.05) is 19.7 Å². The Bertz CT molecular complexity index is 794. The van der Waals surface area contributed by atoms with Gasteiger partial charge in [-0.2, -0.15) is 5.10 Å². The zero-order valence-corrected chi connectivity index (χ0v) is 16.0. The quantitative estimate of drug-likeness (QED) is 0.680. The van der Waals surface area contributed by atoms with Gasteiger partial charge in [0.1, 0.15) is 18.5 Å². The molecular formula is C20H25FN4O3. The third-order valence-corrected chi connectivity index (χ3v) is 5.12. The van der Waals surface area contributed by atoms with Gasteiger partial charge in [0.05, 0.1) is 18.6 Å². The summed E-state index contributed by atoms with van der Waals surface area (Å²) in [6, 6.07) is 6.14. The summed E-state index contributed by atoms with van der Waals surface area (Å²) in [5.41, 5.74) is 0.0426. The Labute approximate surface area is 163 Å². The van der Waals surface area contributed by atoms with E-state index in [0.29, 0.717) is 38.9 Å². The smallest absolute Gasteiger partial charge is 0.314 e. The van der Waals surface area contributed by atoms with E-state index in [1.807, 2.05) is 0 Å². The number of benzene rings is 1. The summed E-state index contributed by atoms with van der Waals surface area (Å²) in [5, 5.41) is 4.01. The number of amides is 1. The Morgan fingerprint density at radius 2 is 2.07 bits per heavy atom. The lowest BCUT2D eigenvalue weighted by molar-refractivity contribution is -0.160. The molecule has 1 aliphatic rings. The SMILES string of the molecule is CCOC(=O)C1(Cc2ccc(F)cc2)CCCN(C(=O)CCn2cncn2)C1. The van der Waals surface area contributed by atoms with Gasteiger partial charge in [0.15, 0.2) is 0 Å². The highest BCUT2D eigenvalue weighted by molar-refractivity contribution is 5.81. The van der Waals surface area contributed by atoms with E-state index in [2.05, 4.69) is 10.1 Å². The van der Waals surface area contributed by atoms with Gasteiger partial charge >= 0.3 is 5.97 Å². The van der Waals surface area contributed by atoms with Crippen LogP contribution in [0.3, 0.4) is 0 Å². The fourth-order valence-corrected chi connectivity index (χ4v) is 3.72. The maximum atomic E-state index is 13.3. The first-order chi connectivity index (χ1) is 13.5. The highest BCUT2D eigenvalue weighted by Crippen LogP contribution is 2.35. The first kappa shape index (κ1) is 20.0. The lowest BCUT2D eigenvalue weighted by atomic mass is 9.75. The number of piperidine rings is 1. The Hall–Kier alpha value is -2.77. The maximum Gasteiger partial charge on any atom is 0.314 e. The number of aromatic nitrogens is 3. The number of hydrogen-bond donors (Lipinski definition) is 0. The molecule has 0 N–H and O–H groups in total. The second-order valence-electron chi connectivity index (χ2n) is 7.13. The third-order valence-electron chi connectivity index (χ3n) is 5.12. The number of aryl methyl sites for hydroxylation is 1. The molecular weight excluding hydrogens is 363 g/mol. The first-order valence-electron chi connectivity index (χ1n) is 9.54. The van der Waals surface area contributed by atoms with Gasteiger partial charge in [0.25, 0.3) is 0 Å². The van der Waals surface area contributed by atoms with Crippen LogP contribution in [-0.4, -0.2) is 51.2 Å². The fraction of sp³-hybridized carbons (Fsp3) is 0.500. The zero-order valence-electron chi connectivity index (χ0n) is 16.0. The van der Waals surface area contributed by atoms with Crippen molar-refractivity contribution >= 4 is 11.9 Å². The van der Waals surface area contributed by atoms with E-state index in [1.165, 1.54) is 18.5 Å². The van der Waals surface area contributed by atoms with Crippen LogP contribution in [0, 0.1) is 11.2 Å². The molecule has 1 saturated heterocycles. The first-order valence-corrected chi connectivity index (χ1v) is 9.54. The summed E-state index contributed by atoms with van der Waals surface area (Å²) in [5.74, 6) is -0.640. The topological polar surface area (TPSA) is 77.3 Å². The van der Waals surface area contributed by atoms with Gasteiger partial charge in [0, 0.05) is 19.5 Å². The van der Waals surface area contributed by atoms with Crippen molar-refractivity contribution < 1.29 is 18.7 Å². The van der Waals surface area contributed by atoms with Crippen LogP contribution in [0.5, 0.6) is 0 Å². The van der Waals surface area contributed by atoms with Crippen molar-refractivity contribution in [3.05, 3.63) is 48.3 Å². The number of halogens is 1. The van der Waals surface area contributed by atoms with E-state index >= 15 is 0 Å². The molecule has 2 aromatic rings. The zero-order chi connectivity index (χ0) is 20.0. The molecule has 1 atom stereocenters. The van der Waals surface area contributed by atoms with Gasteiger partial charge in [-0.3, -0.25) is 14.3 Å². The standard InChI is InChI=1S/C20H25FN4O3/c1-2-28-19(27)20(12-16-4-6-17(21)7-5-16)9-3-10-24(13-20)18(26)8-11-25-15-22-14-23-25/h4-7,14-15H,2-3,8-13H2,1H3. The lowest BCUT2D eigenvalue weighted by Crippen LogP contribution is -2.51. The Balaban J connectivity index is 1.73. The summed E-state index contributed by atoms with van der Waals surface area (Å²) in [6.45, 7) is 3.41. The molecule has 0 radical (unpaired) electrons. The minimum absolute atomic E-state index is 0.0250. The largest absolute Gasteiger partial charge is 0.466 e. The Kier molecular flexibility index (Phi) is 6.38. The number of nitrogens with zero attached hydrogens (tertiary/aromatic N) is 4. The van der Waals surface area contributed by atoms with Gasteiger partial charge < -0.3 is 9.64 Å².